The summed E-state index contributed by atoms with van der Waals surface area (Å²) in [5.74, 6) is 0.420. The average Bonchev–Trinajstić information content (AvgIpc) is 2.96. The number of thiazole rings is 1. The van der Waals surface area contributed by atoms with Crippen molar-refractivity contribution in [3.05, 3.63) is 40.2 Å². The summed E-state index contributed by atoms with van der Waals surface area (Å²) in [5, 5.41) is 6.92. The lowest BCUT2D eigenvalue weighted by Gasteiger charge is -2.20. The van der Waals surface area contributed by atoms with Crippen molar-refractivity contribution in [2.24, 2.45) is 0 Å². The highest BCUT2D eigenvalue weighted by molar-refractivity contribution is 7.15. The number of rotatable bonds is 3. The van der Waals surface area contributed by atoms with Crippen molar-refractivity contribution < 1.29 is 4.79 Å². The van der Waals surface area contributed by atoms with Gasteiger partial charge in [-0.3, -0.25) is 15.1 Å². The summed E-state index contributed by atoms with van der Waals surface area (Å²) in [6, 6.07) is 3.67. The maximum atomic E-state index is 12.3. The quantitative estimate of drug-likeness (QED) is 0.914. The second-order valence-electron chi connectivity index (χ2n) is 5.63. The smallest absolute Gasteiger partial charge is 0.259 e. The number of anilines is 1. The largest absolute Gasteiger partial charge is 0.317 e. The van der Waals surface area contributed by atoms with E-state index in [1.165, 1.54) is 4.88 Å². The molecule has 22 heavy (non-hydrogen) atoms. The molecule has 3 rings (SSSR count). The second-order valence-corrected chi connectivity index (χ2v) is 6.69. The van der Waals surface area contributed by atoms with Crippen LogP contribution in [0.25, 0.3) is 0 Å². The van der Waals surface area contributed by atoms with Crippen LogP contribution in [0.15, 0.2) is 18.3 Å². The summed E-state index contributed by atoms with van der Waals surface area (Å²) in [7, 11) is 0. The van der Waals surface area contributed by atoms with Crippen LogP contribution >= 0.6 is 11.3 Å². The topological polar surface area (TPSA) is 66.9 Å². The highest BCUT2D eigenvalue weighted by atomic mass is 32.1. The summed E-state index contributed by atoms with van der Waals surface area (Å²) in [5.41, 5.74) is 2.26. The first-order valence-electron chi connectivity index (χ1n) is 7.55. The molecule has 0 aromatic carbocycles. The summed E-state index contributed by atoms with van der Waals surface area (Å²) < 4.78 is 0. The summed E-state index contributed by atoms with van der Waals surface area (Å²) >= 11 is 1.58. The first kappa shape index (κ1) is 15.1. The van der Waals surface area contributed by atoms with E-state index in [-0.39, 0.29) is 5.91 Å². The Bertz CT molecular complexity index is 677. The molecular formula is C16H20N4OS. The van der Waals surface area contributed by atoms with Crippen molar-refractivity contribution in [2.75, 3.05) is 18.4 Å². The van der Waals surface area contributed by atoms with Gasteiger partial charge in [0.25, 0.3) is 5.91 Å². The monoisotopic (exact) mass is 316 g/mol. The number of hydrogen-bond acceptors (Lipinski definition) is 5. The van der Waals surface area contributed by atoms with Gasteiger partial charge in [0.15, 0.2) is 5.13 Å². The van der Waals surface area contributed by atoms with E-state index < -0.39 is 0 Å². The fourth-order valence-corrected chi connectivity index (χ4v) is 3.71. The normalized spacial score (nSPS) is 15.7. The van der Waals surface area contributed by atoms with Gasteiger partial charge < -0.3 is 5.32 Å². The molecule has 1 fully saturated rings. The summed E-state index contributed by atoms with van der Waals surface area (Å²) in [6.45, 7) is 5.88. The van der Waals surface area contributed by atoms with Crippen LogP contribution in [0.5, 0.6) is 0 Å². The molecule has 2 aromatic heterocycles. The van der Waals surface area contributed by atoms with E-state index in [4.69, 9.17) is 0 Å². The standard InChI is InChI=1S/C16H20N4OS/c1-10-3-4-13(11(2)19-10)15(21)20-16-18-9-14(22-16)12-5-7-17-8-6-12/h3-4,9,12,17H,5-8H2,1-2H3,(H,18,20,21). The van der Waals surface area contributed by atoms with Gasteiger partial charge in [-0.05, 0) is 57.8 Å². The fraction of sp³-hybridized carbons (Fsp3) is 0.438. The lowest BCUT2D eigenvalue weighted by molar-refractivity contribution is 0.102. The maximum absolute atomic E-state index is 12.3. The van der Waals surface area contributed by atoms with Crippen molar-refractivity contribution in [3.63, 3.8) is 0 Å². The van der Waals surface area contributed by atoms with E-state index in [1.807, 2.05) is 32.2 Å². The molecule has 0 aliphatic carbocycles. The van der Waals surface area contributed by atoms with E-state index >= 15 is 0 Å². The van der Waals surface area contributed by atoms with Crippen molar-refractivity contribution in [2.45, 2.75) is 32.6 Å². The first-order valence-corrected chi connectivity index (χ1v) is 8.37. The number of hydrogen-bond donors (Lipinski definition) is 2. The van der Waals surface area contributed by atoms with E-state index in [1.54, 1.807) is 11.3 Å². The van der Waals surface area contributed by atoms with Crippen molar-refractivity contribution in [1.82, 2.24) is 15.3 Å². The van der Waals surface area contributed by atoms with Gasteiger partial charge in [-0.2, -0.15) is 0 Å². The van der Waals surface area contributed by atoms with Gasteiger partial charge >= 0.3 is 0 Å². The van der Waals surface area contributed by atoms with E-state index in [0.29, 0.717) is 16.6 Å². The molecule has 1 aliphatic rings. The van der Waals surface area contributed by atoms with E-state index in [2.05, 4.69) is 20.6 Å². The number of nitrogens with zero attached hydrogens (tertiary/aromatic N) is 2. The van der Waals surface area contributed by atoms with Crippen LogP contribution < -0.4 is 10.6 Å². The molecule has 0 radical (unpaired) electrons. The van der Waals surface area contributed by atoms with Crippen LogP contribution in [-0.4, -0.2) is 29.0 Å². The highest BCUT2D eigenvalue weighted by Gasteiger charge is 2.19. The van der Waals surface area contributed by atoms with E-state index in [0.717, 1.165) is 37.3 Å². The molecule has 6 heteroatoms. The Morgan fingerprint density at radius 1 is 1.32 bits per heavy atom. The predicted molar refractivity (Wildman–Crippen MR) is 88.6 cm³/mol. The van der Waals surface area contributed by atoms with Gasteiger partial charge in [0.05, 0.1) is 11.3 Å². The molecule has 5 nitrogen and oxygen atoms in total. The molecule has 1 amide bonds. The SMILES string of the molecule is Cc1ccc(C(=O)Nc2ncc(C3CCNCC3)s2)c(C)n1. The zero-order valence-electron chi connectivity index (χ0n) is 12.8. The zero-order valence-corrected chi connectivity index (χ0v) is 13.7. The van der Waals surface area contributed by atoms with Gasteiger partial charge in [0, 0.05) is 16.8 Å². The van der Waals surface area contributed by atoms with Gasteiger partial charge in [0.2, 0.25) is 0 Å². The Hall–Kier alpha value is -1.79. The third kappa shape index (κ3) is 3.34. The molecule has 2 aromatic rings. The Morgan fingerprint density at radius 2 is 2.09 bits per heavy atom. The summed E-state index contributed by atoms with van der Waals surface area (Å²) in [4.78, 5) is 22.3. The molecule has 1 aliphatic heterocycles. The van der Waals surface area contributed by atoms with Crippen LogP contribution in [-0.2, 0) is 0 Å². The minimum absolute atomic E-state index is 0.142. The molecule has 116 valence electrons. The lowest BCUT2D eigenvalue weighted by atomic mass is 9.97. The van der Waals surface area contributed by atoms with E-state index in [9.17, 15) is 4.79 Å². The van der Waals surface area contributed by atoms with Crippen LogP contribution in [0, 0.1) is 13.8 Å². The molecule has 0 atom stereocenters. The number of carbonyl (C=O) groups is 1. The van der Waals surface area contributed by atoms with Gasteiger partial charge in [-0.15, -0.1) is 11.3 Å². The highest BCUT2D eigenvalue weighted by Crippen LogP contribution is 2.31. The van der Waals surface area contributed by atoms with Crippen molar-refractivity contribution in [3.8, 4) is 0 Å². The van der Waals surface area contributed by atoms with Crippen LogP contribution in [0.4, 0.5) is 5.13 Å². The van der Waals surface area contributed by atoms with Crippen molar-refractivity contribution >= 4 is 22.4 Å². The molecule has 3 heterocycles. The average molecular weight is 316 g/mol. The Balaban J connectivity index is 1.70. The lowest BCUT2D eigenvalue weighted by Crippen LogP contribution is -2.26. The molecule has 0 unspecified atom stereocenters. The molecule has 0 bridgehead atoms. The first-order chi connectivity index (χ1) is 10.6. The Kier molecular flexibility index (Phi) is 4.49. The zero-order chi connectivity index (χ0) is 15.5. The van der Waals surface area contributed by atoms with Gasteiger partial charge in [-0.25, -0.2) is 4.98 Å². The van der Waals surface area contributed by atoms with Crippen LogP contribution in [0.1, 0.15) is 45.4 Å². The van der Waals surface area contributed by atoms with Crippen LogP contribution in [0.2, 0.25) is 0 Å². The fourth-order valence-electron chi connectivity index (χ4n) is 2.73. The minimum atomic E-state index is -0.142. The van der Waals surface area contributed by atoms with Crippen LogP contribution in [0.3, 0.4) is 0 Å². The van der Waals surface area contributed by atoms with Gasteiger partial charge in [0.1, 0.15) is 0 Å². The predicted octanol–water partition coefficient (Wildman–Crippen LogP) is 2.87. The number of aromatic nitrogens is 2. The molecule has 0 saturated carbocycles. The third-order valence-electron chi connectivity index (χ3n) is 3.96. The second kappa shape index (κ2) is 6.54. The number of carbonyl (C=O) groups excluding carboxylic acids is 1. The third-order valence-corrected chi connectivity index (χ3v) is 5.03. The Morgan fingerprint density at radius 3 is 2.82 bits per heavy atom. The molecule has 2 N–H and O–H groups in total. The Labute approximate surface area is 134 Å². The number of aryl methyl sites for hydroxylation is 2. The molecule has 0 spiro atoms. The maximum Gasteiger partial charge on any atom is 0.259 e. The minimum Gasteiger partial charge on any atom is -0.317 e. The number of piperidine rings is 1. The molecular weight excluding hydrogens is 296 g/mol. The van der Waals surface area contributed by atoms with Gasteiger partial charge in [-0.1, -0.05) is 0 Å². The molecule has 1 saturated heterocycles. The number of nitrogens with one attached hydrogen (secondary N) is 2. The van der Waals surface area contributed by atoms with Crippen molar-refractivity contribution in [1.29, 1.82) is 0 Å². The number of pyridine rings is 1. The summed E-state index contributed by atoms with van der Waals surface area (Å²) in [6.07, 6.45) is 4.17. The number of amides is 1.